The highest BCUT2D eigenvalue weighted by atomic mass is 16.1. The number of para-hydroxylation sites is 1. The van der Waals surface area contributed by atoms with E-state index in [-0.39, 0.29) is 5.91 Å². The van der Waals surface area contributed by atoms with Gasteiger partial charge in [-0.1, -0.05) is 42.5 Å². The number of carbonyl (C=O) groups excluding carboxylic acids is 1. The zero-order chi connectivity index (χ0) is 22.7. The fraction of sp³-hybridized carbons (Fsp3) is 0.185. The van der Waals surface area contributed by atoms with Gasteiger partial charge in [-0.05, 0) is 41.5 Å². The Balaban J connectivity index is 1.55. The Hall–Kier alpha value is -3.88. The van der Waals surface area contributed by atoms with E-state index < -0.39 is 0 Å². The number of quaternary nitrogens is 1. The number of nitrogens with zero attached hydrogens (tertiary/aromatic N) is 3. The molecule has 1 aromatic heterocycles. The fourth-order valence-electron chi connectivity index (χ4n) is 3.83. The van der Waals surface area contributed by atoms with Crippen molar-refractivity contribution in [2.75, 3.05) is 21.1 Å². The van der Waals surface area contributed by atoms with Crippen LogP contribution in [-0.4, -0.2) is 31.6 Å². The second kappa shape index (κ2) is 8.70. The first kappa shape index (κ1) is 21.4. The average Bonchev–Trinajstić information content (AvgIpc) is 3.16. The number of hydrogen-bond acceptors (Lipinski definition) is 2. The van der Waals surface area contributed by atoms with Gasteiger partial charge < -0.3 is 9.88 Å². The van der Waals surface area contributed by atoms with Gasteiger partial charge in [0.15, 0.2) is 0 Å². The maximum Gasteiger partial charge on any atom is 0.253 e. The van der Waals surface area contributed by atoms with Gasteiger partial charge in [0.1, 0.15) is 5.69 Å². The van der Waals surface area contributed by atoms with Crippen LogP contribution in [0.3, 0.4) is 0 Å². The van der Waals surface area contributed by atoms with Gasteiger partial charge in [0.25, 0.3) is 5.91 Å². The zero-order valence-corrected chi connectivity index (χ0v) is 18.7. The number of rotatable bonds is 6. The van der Waals surface area contributed by atoms with Gasteiger partial charge in [0.05, 0.1) is 38.3 Å². The lowest BCUT2D eigenvalue weighted by Crippen LogP contribution is -2.34. The van der Waals surface area contributed by atoms with E-state index in [0.717, 1.165) is 26.5 Å². The van der Waals surface area contributed by atoms with Crippen molar-refractivity contribution in [1.29, 1.82) is 5.26 Å². The van der Waals surface area contributed by atoms with Gasteiger partial charge in [-0.15, -0.1) is 0 Å². The van der Waals surface area contributed by atoms with Crippen LogP contribution in [0.1, 0.15) is 27.0 Å². The van der Waals surface area contributed by atoms with Gasteiger partial charge in [-0.2, -0.15) is 5.26 Å². The monoisotopic (exact) mass is 423 g/mol. The van der Waals surface area contributed by atoms with Crippen molar-refractivity contribution in [2.24, 2.45) is 0 Å². The largest absolute Gasteiger partial charge is 0.348 e. The van der Waals surface area contributed by atoms with Crippen LogP contribution in [0.4, 0.5) is 5.69 Å². The summed E-state index contributed by atoms with van der Waals surface area (Å²) in [6.07, 6.45) is 1.90. The highest BCUT2D eigenvalue weighted by Crippen LogP contribution is 2.23. The Kier molecular flexibility index (Phi) is 5.81. The maximum atomic E-state index is 13.1. The van der Waals surface area contributed by atoms with Crippen molar-refractivity contribution in [2.45, 2.75) is 13.1 Å². The molecule has 0 saturated heterocycles. The summed E-state index contributed by atoms with van der Waals surface area (Å²) in [5, 5.41) is 13.2. The molecule has 5 nitrogen and oxygen atoms in total. The van der Waals surface area contributed by atoms with Crippen molar-refractivity contribution < 1.29 is 4.79 Å². The number of nitriles is 1. The molecule has 0 aliphatic rings. The van der Waals surface area contributed by atoms with Gasteiger partial charge in [0, 0.05) is 30.2 Å². The third-order valence-corrected chi connectivity index (χ3v) is 5.61. The highest BCUT2D eigenvalue weighted by molar-refractivity contribution is 6.07. The van der Waals surface area contributed by atoms with Crippen LogP contribution in [0.25, 0.3) is 10.9 Å². The Bertz CT molecular complexity index is 1300. The zero-order valence-electron chi connectivity index (χ0n) is 18.7. The highest BCUT2D eigenvalue weighted by Gasteiger charge is 2.16. The normalized spacial score (nSPS) is 11.3. The van der Waals surface area contributed by atoms with E-state index >= 15 is 0 Å². The first-order chi connectivity index (χ1) is 15.3. The molecule has 3 aromatic carbocycles. The number of hydrogen-bond donors (Lipinski definition) is 1. The smallest absolute Gasteiger partial charge is 0.253 e. The predicted octanol–water partition coefficient (Wildman–Crippen LogP) is 4.69. The molecule has 0 fully saturated rings. The fourth-order valence-corrected chi connectivity index (χ4v) is 3.83. The predicted molar refractivity (Wildman–Crippen MR) is 129 cm³/mol. The van der Waals surface area contributed by atoms with Gasteiger partial charge >= 0.3 is 0 Å². The van der Waals surface area contributed by atoms with E-state index in [2.05, 4.69) is 61.4 Å². The molecule has 4 rings (SSSR count). The molecule has 0 unspecified atom stereocenters. The van der Waals surface area contributed by atoms with Crippen LogP contribution in [0, 0.1) is 11.3 Å². The topological polar surface area (TPSA) is 57.8 Å². The molecule has 1 N–H and O–H groups in total. The lowest BCUT2D eigenvalue weighted by atomic mass is 10.1. The number of carbonyl (C=O) groups is 1. The minimum atomic E-state index is -0.0959. The minimum Gasteiger partial charge on any atom is -0.348 e. The van der Waals surface area contributed by atoms with Crippen molar-refractivity contribution >= 4 is 22.5 Å². The summed E-state index contributed by atoms with van der Waals surface area (Å²) in [6, 6.07) is 26.0. The maximum absolute atomic E-state index is 13.1. The molecule has 160 valence electrons. The third-order valence-electron chi connectivity index (χ3n) is 5.61. The Labute approximate surface area is 188 Å². The first-order valence-electron chi connectivity index (χ1n) is 10.6. The van der Waals surface area contributed by atoms with Crippen molar-refractivity contribution in [3.63, 3.8) is 0 Å². The van der Waals surface area contributed by atoms with Crippen LogP contribution in [-0.2, 0) is 13.1 Å². The number of fused-ring (bicyclic) bond motifs is 1. The van der Waals surface area contributed by atoms with Crippen LogP contribution in [0.5, 0.6) is 0 Å². The SMILES string of the molecule is C[N+](C)(C)c1ccc(CNC(=O)c2cn(Cc3cccc(C#N)c3)c3ccccc23)cc1. The van der Waals surface area contributed by atoms with E-state index in [1.165, 1.54) is 5.69 Å². The Morgan fingerprint density at radius 1 is 0.969 bits per heavy atom. The van der Waals surface area contributed by atoms with Gasteiger partial charge in [0.2, 0.25) is 0 Å². The van der Waals surface area contributed by atoms with E-state index in [4.69, 9.17) is 0 Å². The molecule has 0 bridgehead atoms. The molecular formula is C27H27N4O+. The lowest BCUT2D eigenvalue weighted by Gasteiger charge is -2.23. The molecule has 0 spiro atoms. The van der Waals surface area contributed by atoms with Crippen LogP contribution >= 0.6 is 0 Å². The number of nitrogens with one attached hydrogen (secondary N) is 1. The Morgan fingerprint density at radius 2 is 1.72 bits per heavy atom. The molecule has 0 atom stereocenters. The molecule has 1 heterocycles. The van der Waals surface area contributed by atoms with Crippen LogP contribution in [0.15, 0.2) is 79.0 Å². The quantitative estimate of drug-likeness (QED) is 0.458. The summed E-state index contributed by atoms with van der Waals surface area (Å²) in [6.45, 7) is 1.07. The molecule has 0 aliphatic carbocycles. The van der Waals surface area contributed by atoms with Crippen molar-refractivity contribution in [3.05, 3.63) is 101 Å². The summed E-state index contributed by atoms with van der Waals surface area (Å²) in [4.78, 5) is 13.1. The molecule has 0 aliphatic heterocycles. The molecule has 5 heteroatoms. The molecular weight excluding hydrogens is 396 g/mol. The molecule has 1 amide bonds. The lowest BCUT2D eigenvalue weighted by molar-refractivity contribution is 0.0952. The second-order valence-electron chi connectivity index (χ2n) is 8.86. The molecule has 4 aromatic rings. The standard InChI is InChI=1S/C27H26N4O/c1-31(2,3)23-13-11-20(12-14-23)17-29-27(32)25-19-30(26-10-5-4-9-24(25)26)18-22-8-6-7-21(15-22)16-28/h4-15,19H,17-18H2,1-3H3/p+1. The molecule has 32 heavy (non-hydrogen) atoms. The van der Waals surface area contributed by atoms with Gasteiger partial charge in [-0.25, -0.2) is 0 Å². The number of amides is 1. The first-order valence-corrected chi connectivity index (χ1v) is 10.6. The van der Waals surface area contributed by atoms with Crippen molar-refractivity contribution in [3.8, 4) is 6.07 Å². The minimum absolute atomic E-state index is 0.0959. The summed E-state index contributed by atoms with van der Waals surface area (Å²) >= 11 is 0. The van der Waals surface area contributed by atoms with Gasteiger partial charge in [-0.3, -0.25) is 9.28 Å². The Morgan fingerprint density at radius 3 is 2.44 bits per heavy atom. The average molecular weight is 424 g/mol. The molecule has 0 saturated carbocycles. The van der Waals surface area contributed by atoms with E-state index in [0.29, 0.717) is 24.2 Å². The van der Waals surface area contributed by atoms with E-state index in [1.807, 2.05) is 48.7 Å². The van der Waals surface area contributed by atoms with E-state index in [1.54, 1.807) is 6.07 Å². The van der Waals surface area contributed by atoms with E-state index in [9.17, 15) is 10.1 Å². The molecule has 0 radical (unpaired) electrons. The second-order valence-corrected chi connectivity index (χ2v) is 8.86. The summed E-state index contributed by atoms with van der Waals surface area (Å²) < 4.78 is 2.82. The summed E-state index contributed by atoms with van der Waals surface area (Å²) in [7, 11) is 6.38. The van der Waals surface area contributed by atoms with Crippen LogP contribution < -0.4 is 9.80 Å². The third kappa shape index (κ3) is 4.56. The number of aromatic nitrogens is 1. The van der Waals surface area contributed by atoms with Crippen LogP contribution in [0.2, 0.25) is 0 Å². The summed E-state index contributed by atoms with van der Waals surface area (Å²) in [5.74, 6) is -0.0959. The van der Waals surface area contributed by atoms with Crippen molar-refractivity contribution in [1.82, 2.24) is 14.4 Å². The number of benzene rings is 3. The summed E-state index contributed by atoms with van der Waals surface area (Å²) in [5.41, 5.74) is 5.57.